The molecule has 0 amide bonds. The molecule has 0 heterocycles. The van der Waals surface area contributed by atoms with Gasteiger partial charge < -0.3 is 10.0 Å². The molecule has 17 heteroatoms. The quantitative estimate of drug-likeness (QED) is 0.0458. The summed E-state index contributed by atoms with van der Waals surface area (Å²) >= 11 is 0.107. The second-order valence-electron chi connectivity index (χ2n) is 14.0. The van der Waals surface area contributed by atoms with Gasteiger partial charge in [0.2, 0.25) is 0 Å². The maximum Gasteiger partial charge on any atom is 0.313 e. The lowest BCUT2D eigenvalue weighted by molar-refractivity contribution is -0.512. The number of carboxylic acids is 1. The van der Waals surface area contributed by atoms with Crippen molar-refractivity contribution in [1.82, 2.24) is 0 Å². The molecule has 2 aliphatic carbocycles. The molecule has 0 bridgehead atoms. The van der Waals surface area contributed by atoms with Gasteiger partial charge in [0.05, 0.1) is 26.0 Å². The van der Waals surface area contributed by atoms with E-state index in [0.717, 1.165) is 0 Å². The van der Waals surface area contributed by atoms with Gasteiger partial charge >= 0.3 is 5.97 Å². The van der Waals surface area contributed by atoms with E-state index < -0.39 is 71.1 Å². The Morgan fingerprint density at radius 1 is 0.860 bits per heavy atom. The monoisotopic (exact) mass is 843 g/mol. The number of aliphatic carboxylic acids is 1. The molecule has 2 aliphatic rings. The highest BCUT2D eigenvalue weighted by atomic mass is 32.2. The van der Waals surface area contributed by atoms with Crippen LogP contribution in [0.15, 0.2) is 111 Å². The molecule has 6 rings (SSSR count). The summed E-state index contributed by atoms with van der Waals surface area (Å²) in [6.07, 6.45) is 5.00. The van der Waals surface area contributed by atoms with Crippen LogP contribution < -0.4 is 4.90 Å². The summed E-state index contributed by atoms with van der Waals surface area (Å²) < 4.78 is 132. The first kappa shape index (κ1) is 41.6. The Labute approximate surface area is 330 Å². The van der Waals surface area contributed by atoms with Gasteiger partial charge in [-0.3, -0.25) is 13.9 Å². The van der Waals surface area contributed by atoms with Crippen LogP contribution in [-0.4, -0.2) is 67.2 Å². The Morgan fingerprint density at radius 2 is 1.49 bits per heavy atom. The van der Waals surface area contributed by atoms with Gasteiger partial charge in [0.1, 0.15) is 7.05 Å². The number of benzene rings is 4. The summed E-state index contributed by atoms with van der Waals surface area (Å²) in [5, 5.41) is 9.07. The Hall–Kier alpha value is -5.07. The molecule has 0 radical (unpaired) electrons. The zero-order valence-corrected chi connectivity index (χ0v) is 33.2. The molecular formula is C40H35F4N2O8S3+. The molecule has 0 saturated heterocycles. The van der Waals surface area contributed by atoms with E-state index in [9.17, 15) is 30.7 Å². The van der Waals surface area contributed by atoms with Crippen LogP contribution in [0.3, 0.4) is 0 Å². The van der Waals surface area contributed by atoms with E-state index >= 15 is 17.6 Å². The Balaban J connectivity index is 1.54. The summed E-state index contributed by atoms with van der Waals surface area (Å²) in [4.78, 5) is 11.2. The number of rotatable bonds is 11. The Bertz CT molecular complexity index is 2680. The SMILES string of the molecule is CN(Cc1ccccc1S(=O)(=O)O)c1ccc2c(c1)C(C)(C)C1=CC(=[N+](C)Cc3ccc(S(=O)(=O)O)cc3)C=CC1=C2c1c(F)c(F)c(SCC(=O)O)c(F)c1F. The first-order chi connectivity index (χ1) is 26.6. The van der Waals surface area contributed by atoms with E-state index in [-0.39, 0.29) is 56.9 Å². The molecule has 0 saturated carbocycles. The molecule has 0 unspecified atom stereocenters. The number of nitrogens with zero attached hydrogens (tertiary/aromatic N) is 2. The number of halogens is 4. The summed E-state index contributed by atoms with van der Waals surface area (Å²) in [5.74, 6) is -9.24. The van der Waals surface area contributed by atoms with Crippen molar-refractivity contribution in [2.24, 2.45) is 0 Å². The molecule has 0 fully saturated rings. The minimum absolute atomic E-state index is 0.0116. The van der Waals surface area contributed by atoms with Crippen LogP contribution in [0.4, 0.5) is 23.2 Å². The summed E-state index contributed by atoms with van der Waals surface area (Å²) in [7, 11) is -5.55. The smallest absolute Gasteiger partial charge is 0.313 e. The predicted molar refractivity (Wildman–Crippen MR) is 207 cm³/mol. The molecule has 298 valence electrons. The number of anilines is 1. The number of fused-ring (bicyclic) bond motifs is 2. The third-order valence-electron chi connectivity index (χ3n) is 9.89. The van der Waals surface area contributed by atoms with Crippen LogP contribution >= 0.6 is 11.8 Å². The van der Waals surface area contributed by atoms with Gasteiger partial charge in [0.15, 0.2) is 35.5 Å². The predicted octanol–water partition coefficient (Wildman–Crippen LogP) is 7.42. The van der Waals surface area contributed by atoms with Crippen LogP contribution in [0, 0.1) is 23.3 Å². The lowest BCUT2D eigenvalue weighted by atomic mass is 9.64. The lowest BCUT2D eigenvalue weighted by Crippen LogP contribution is -2.31. The summed E-state index contributed by atoms with van der Waals surface area (Å²) in [6.45, 7) is 3.98. The average molecular weight is 844 g/mol. The van der Waals surface area contributed by atoms with Crippen LogP contribution in [0.5, 0.6) is 0 Å². The Kier molecular flexibility index (Phi) is 11.2. The van der Waals surface area contributed by atoms with Crippen molar-refractivity contribution in [3.8, 4) is 0 Å². The van der Waals surface area contributed by atoms with Crippen molar-refractivity contribution >= 4 is 54.9 Å². The third-order valence-corrected chi connectivity index (χ3v) is 12.7. The molecule has 0 atom stereocenters. The van der Waals surface area contributed by atoms with Crippen molar-refractivity contribution in [2.75, 3.05) is 24.7 Å². The molecule has 4 aromatic rings. The molecule has 0 aliphatic heterocycles. The maximum absolute atomic E-state index is 16.2. The highest BCUT2D eigenvalue weighted by Gasteiger charge is 2.41. The summed E-state index contributed by atoms with van der Waals surface area (Å²) in [6, 6.07) is 16.3. The summed E-state index contributed by atoms with van der Waals surface area (Å²) in [5.41, 5.74) is 1.48. The van der Waals surface area contributed by atoms with E-state index in [2.05, 4.69) is 0 Å². The van der Waals surface area contributed by atoms with Crippen LogP contribution in [0.25, 0.3) is 5.57 Å². The van der Waals surface area contributed by atoms with E-state index in [0.29, 0.717) is 28.1 Å². The normalized spacial score (nSPS) is 15.9. The van der Waals surface area contributed by atoms with E-state index in [1.807, 2.05) is 18.4 Å². The number of hydrogen-bond acceptors (Lipinski definition) is 7. The number of allylic oxidation sites excluding steroid dienone is 5. The maximum atomic E-state index is 16.2. The zero-order valence-electron chi connectivity index (χ0n) is 30.7. The third kappa shape index (κ3) is 8.07. The molecule has 10 nitrogen and oxygen atoms in total. The van der Waals surface area contributed by atoms with E-state index in [4.69, 9.17) is 5.11 Å². The first-order valence-electron chi connectivity index (χ1n) is 17.0. The van der Waals surface area contributed by atoms with Crippen molar-refractivity contribution in [3.05, 3.63) is 147 Å². The first-order valence-corrected chi connectivity index (χ1v) is 20.9. The van der Waals surface area contributed by atoms with Crippen molar-refractivity contribution in [2.45, 2.75) is 47.0 Å². The Morgan fingerprint density at radius 3 is 2.09 bits per heavy atom. The van der Waals surface area contributed by atoms with Crippen molar-refractivity contribution in [3.63, 3.8) is 0 Å². The van der Waals surface area contributed by atoms with Gasteiger partial charge in [-0.15, -0.1) is 11.8 Å². The van der Waals surface area contributed by atoms with Gasteiger partial charge in [0, 0.05) is 48.0 Å². The lowest BCUT2D eigenvalue weighted by Gasteiger charge is -2.39. The van der Waals surface area contributed by atoms with Crippen molar-refractivity contribution < 1.29 is 58.0 Å². The van der Waals surface area contributed by atoms with Gasteiger partial charge in [0.25, 0.3) is 20.2 Å². The minimum atomic E-state index is -4.56. The fourth-order valence-electron chi connectivity index (χ4n) is 7.03. The van der Waals surface area contributed by atoms with Crippen LogP contribution in [-0.2, 0) is 43.5 Å². The van der Waals surface area contributed by atoms with Crippen LogP contribution in [0.1, 0.15) is 41.7 Å². The van der Waals surface area contributed by atoms with Gasteiger partial charge in [-0.1, -0.05) is 50.2 Å². The number of carbonyl (C=O) groups is 1. The fourth-order valence-corrected chi connectivity index (χ4v) is 8.92. The largest absolute Gasteiger partial charge is 0.481 e. The second-order valence-corrected chi connectivity index (χ2v) is 17.8. The topological polar surface area (TPSA) is 152 Å². The standard InChI is InChI=1S/C40H34F4N2O8S3/c1-40(2)29-17-24(45(3)19-22-9-13-26(14-10-22)56(49,50)51)11-15-27(29)33(34-35(41)37(43)39(38(44)36(34)42)55-21-32(47)48)28-16-12-25(18-30(28)40)46(4)20-23-7-5-6-8-31(23)57(52,53)54/h5-18H,19-21H2,1-4H3,(H2-,47,48,49,50,51,52,53,54)/p+1. The average Bonchev–Trinajstić information content (AvgIpc) is 3.14. The number of carboxylic acid groups (broad SMARTS) is 1. The number of hydrogen-bond donors (Lipinski definition) is 3. The second kappa shape index (κ2) is 15.4. The molecule has 0 spiro atoms. The highest BCUT2D eigenvalue weighted by Crippen LogP contribution is 2.52. The molecule has 4 aromatic carbocycles. The van der Waals surface area contributed by atoms with Gasteiger partial charge in [-0.2, -0.15) is 16.8 Å². The van der Waals surface area contributed by atoms with Gasteiger partial charge in [-0.25, -0.2) is 22.1 Å². The van der Waals surface area contributed by atoms with Crippen molar-refractivity contribution in [1.29, 1.82) is 0 Å². The fraction of sp³-hybridized carbons (Fsp3) is 0.200. The molecule has 0 aromatic heterocycles. The molecule has 3 N–H and O–H groups in total. The highest BCUT2D eigenvalue weighted by molar-refractivity contribution is 8.00. The minimum Gasteiger partial charge on any atom is -0.481 e. The van der Waals surface area contributed by atoms with Crippen LogP contribution in [0.2, 0.25) is 0 Å². The molecular weight excluding hydrogens is 809 g/mol. The molecule has 57 heavy (non-hydrogen) atoms. The zero-order chi connectivity index (χ0) is 41.8. The van der Waals surface area contributed by atoms with E-state index in [1.54, 1.807) is 61.5 Å². The number of thioether (sulfide) groups is 1. The van der Waals surface area contributed by atoms with Gasteiger partial charge in [-0.05, 0) is 64.2 Å². The van der Waals surface area contributed by atoms with E-state index in [1.165, 1.54) is 42.5 Å².